The van der Waals surface area contributed by atoms with Crippen LogP contribution in [0.25, 0.3) is 0 Å². The molecule has 0 aromatic heterocycles. The number of rotatable bonds is 3. The molecule has 0 aliphatic heterocycles. The zero-order valence-corrected chi connectivity index (χ0v) is 9.90. The van der Waals surface area contributed by atoms with Gasteiger partial charge in [0.1, 0.15) is 0 Å². The third-order valence-corrected chi connectivity index (χ3v) is 4.03. The summed E-state index contributed by atoms with van der Waals surface area (Å²) < 4.78 is 0. The van der Waals surface area contributed by atoms with Crippen molar-refractivity contribution in [2.24, 2.45) is 17.3 Å². The van der Waals surface area contributed by atoms with Crippen molar-refractivity contribution in [2.75, 3.05) is 0 Å². The largest absolute Gasteiger partial charge is 0.0654 e. The summed E-state index contributed by atoms with van der Waals surface area (Å²) in [6, 6.07) is 0. The van der Waals surface area contributed by atoms with E-state index < -0.39 is 0 Å². The molecular weight excluding hydrogens is 156 g/mol. The summed E-state index contributed by atoms with van der Waals surface area (Å²) in [7, 11) is 0. The van der Waals surface area contributed by atoms with Crippen molar-refractivity contribution in [3.05, 3.63) is 0 Å². The van der Waals surface area contributed by atoms with E-state index in [-0.39, 0.29) is 0 Å². The van der Waals surface area contributed by atoms with E-state index in [9.17, 15) is 0 Å². The summed E-state index contributed by atoms with van der Waals surface area (Å²) in [6.07, 6.45) is 8.72. The Kier molecular flexibility index (Phi) is 3.82. The lowest BCUT2D eigenvalue weighted by atomic mass is 9.67. The molecule has 1 fully saturated rings. The van der Waals surface area contributed by atoms with E-state index >= 15 is 0 Å². The molecule has 1 saturated carbocycles. The molecule has 0 heterocycles. The fraction of sp³-hybridized carbons (Fsp3) is 1.00. The minimum atomic E-state index is 0.695. The molecule has 13 heavy (non-hydrogen) atoms. The van der Waals surface area contributed by atoms with E-state index in [4.69, 9.17) is 0 Å². The van der Waals surface area contributed by atoms with Crippen LogP contribution in [0.1, 0.15) is 66.2 Å². The Hall–Kier alpha value is 0. The molecule has 1 rings (SSSR count). The molecule has 0 aromatic carbocycles. The molecule has 0 bridgehead atoms. The van der Waals surface area contributed by atoms with Crippen molar-refractivity contribution in [1.82, 2.24) is 0 Å². The molecule has 0 unspecified atom stereocenters. The SMILES string of the molecule is CCCC1(C)CCC(C(C)C)CC1. The van der Waals surface area contributed by atoms with Crippen molar-refractivity contribution in [1.29, 1.82) is 0 Å². The Bertz CT molecular complexity index is 138. The van der Waals surface area contributed by atoms with Crippen LogP contribution in [0.15, 0.2) is 0 Å². The molecule has 0 amide bonds. The van der Waals surface area contributed by atoms with Crippen LogP contribution in [-0.2, 0) is 0 Å². The van der Waals surface area contributed by atoms with E-state index in [2.05, 4.69) is 27.7 Å². The average molecular weight is 182 g/mol. The van der Waals surface area contributed by atoms with Gasteiger partial charge < -0.3 is 0 Å². The molecule has 0 aromatic rings. The molecule has 1 aliphatic carbocycles. The highest BCUT2D eigenvalue weighted by Crippen LogP contribution is 2.43. The monoisotopic (exact) mass is 182 g/mol. The smallest absolute Gasteiger partial charge is 0.0326 e. The summed E-state index contributed by atoms with van der Waals surface area (Å²) >= 11 is 0. The fourth-order valence-electron chi connectivity index (χ4n) is 2.86. The highest BCUT2D eigenvalue weighted by molar-refractivity contribution is 4.82. The molecule has 78 valence electrons. The lowest BCUT2D eigenvalue weighted by Gasteiger charge is -2.38. The standard InChI is InChI=1S/C13H26/c1-5-8-13(4)9-6-12(7-10-13)11(2)3/h11-12H,5-10H2,1-4H3. The fourth-order valence-corrected chi connectivity index (χ4v) is 2.86. The Balaban J connectivity index is 2.37. The molecule has 1 aliphatic rings. The molecule has 0 nitrogen and oxygen atoms in total. The lowest BCUT2D eigenvalue weighted by Crippen LogP contribution is -2.26. The zero-order valence-electron chi connectivity index (χ0n) is 9.90. The molecule has 0 radical (unpaired) electrons. The van der Waals surface area contributed by atoms with Crippen molar-refractivity contribution in [3.63, 3.8) is 0 Å². The minimum absolute atomic E-state index is 0.695. The lowest BCUT2D eigenvalue weighted by molar-refractivity contribution is 0.133. The maximum Gasteiger partial charge on any atom is -0.0326 e. The Morgan fingerprint density at radius 3 is 2.15 bits per heavy atom. The molecule has 0 spiro atoms. The van der Waals surface area contributed by atoms with Crippen molar-refractivity contribution in [3.8, 4) is 0 Å². The second-order valence-corrected chi connectivity index (χ2v) is 5.64. The van der Waals surface area contributed by atoms with E-state index in [0.29, 0.717) is 5.41 Å². The van der Waals surface area contributed by atoms with Gasteiger partial charge in [0.2, 0.25) is 0 Å². The van der Waals surface area contributed by atoms with E-state index in [1.807, 2.05) is 0 Å². The van der Waals surface area contributed by atoms with Gasteiger partial charge in [-0.3, -0.25) is 0 Å². The second-order valence-electron chi connectivity index (χ2n) is 5.64. The third kappa shape index (κ3) is 3.00. The zero-order chi connectivity index (χ0) is 9.90. The summed E-state index contributed by atoms with van der Waals surface area (Å²) in [6.45, 7) is 9.58. The summed E-state index contributed by atoms with van der Waals surface area (Å²) in [4.78, 5) is 0. The van der Waals surface area contributed by atoms with Gasteiger partial charge in [-0.1, -0.05) is 34.1 Å². The third-order valence-electron chi connectivity index (χ3n) is 4.03. The highest BCUT2D eigenvalue weighted by atomic mass is 14.4. The van der Waals surface area contributed by atoms with Crippen LogP contribution in [0.3, 0.4) is 0 Å². The van der Waals surface area contributed by atoms with Gasteiger partial charge in [-0.25, -0.2) is 0 Å². The summed E-state index contributed by atoms with van der Waals surface area (Å²) in [5.74, 6) is 1.93. The van der Waals surface area contributed by atoms with Gasteiger partial charge in [0.15, 0.2) is 0 Å². The Morgan fingerprint density at radius 1 is 1.23 bits per heavy atom. The van der Waals surface area contributed by atoms with Crippen molar-refractivity contribution >= 4 is 0 Å². The Morgan fingerprint density at radius 2 is 1.77 bits per heavy atom. The Labute approximate surface area is 84.1 Å². The van der Waals surface area contributed by atoms with E-state index in [1.54, 1.807) is 0 Å². The molecular formula is C13H26. The van der Waals surface area contributed by atoms with Gasteiger partial charge >= 0.3 is 0 Å². The van der Waals surface area contributed by atoms with Crippen LogP contribution in [-0.4, -0.2) is 0 Å². The van der Waals surface area contributed by atoms with Crippen molar-refractivity contribution < 1.29 is 0 Å². The molecule has 0 atom stereocenters. The maximum absolute atomic E-state index is 2.49. The van der Waals surface area contributed by atoms with Crippen molar-refractivity contribution in [2.45, 2.75) is 66.2 Å². The number of hydrogen-bond donors (Lipinski definition) is 0. The van der Waals surface area contributed by atoms with Crippen LogP contribution >= 0.6 is 0 Å². The van der Waals surface area contributed by atoms with Gasteiger partial charge in [-0.05, 0) is 49.4 Å². The number of hydrogen-bond acceptors (Lipinski definition) is 0. The summed E-state index contributed by atoms with van der Waals surface area (Å²) in [5.41, 5.74) is 0.695. The first kappa shape index (κ1) is 11.1. The van der Waals surface area contributed by atoms with Gasteiger partial charge in [0.25, 0.3) is 0 Å². The molecule has 0 N–H and O–H groups in total. The predicted octanol–water partition coefficient (Wildman–Crippen LogP) is 4.64. The van der Waals surface area contributed by atoms with Gasteiger partial charge in [-0.15, -0.1) is 0 Å². The van der Waals surface area contributed by atoms with Crippen LogP contribution in [0.5, 0.6) is 0 Å². The summed E-state index contributed by atoms with van der Waals surface area (Å²) in [5, 5.41) is 0. The topological polar surface area (TPSA) is 0 Å². The van der Waals surface area contributed by atoms with Crippen LogP contribution in [0, 0.1) is 17.3 Å². The predicted molar refractivity (Wildman–Crippen MR) is 59.8 cm³/mol. The van der Waals surface area contributed by atoms with Gasteiger partial charge in [0, 0.05) is 0 Å². The quantitative estimate of drug-likeness (QED) is 0.596. The van der Waals surface area contributed by atoms with E-state index in [1.165, 1.54) is 38.5 Å². The van der Waals surface area contributed by atoms with Crippen LogP contribution in [0.4, 0.5) is 0 Å². The second kappa shape index (κ2) is 4.48. The van der Waals surface area contributed by atoms with Crippen LogP contribution < -0.4 is 0 Å². The first-order chi connectivity index (χ1) is 6.07. The highest BCUT2D eigenvalue weighted by Gasteiger charge is 2.30. The van der Waals surface area contributed by atoms with Gasteiger partial charge in [-0.2, -0.15) is 0 Å². The van der Waals surface area contributed by atoms with E-state index in [0.717, 1.165) is 11.8 Å². The maximum atomic E-state index is 2.49. The van der Waals surface area contributed by atoms with Gasteiger partial charge in [0.05, 0.1) is 0 Å². The minimum Gasteiger partial charge on any atom is -0.0654 e. The first-order valence-electron chi connectivity index (χ1n) is 6.07. The van der Waals surface area contributed by atoms with Crippen LogP contribution in [0.2, 0.25) is 0 Å². The molecule has 0 saturated heterocycles. The average Bonchev–Trinajstić information content (AvgIpc) is 2.05. The normalized spacial score (nSPS) is 35.3. The molecule has 0 heteroatoms. The first-order valence-corrected chi connectivity index (χ1v) is 6.07.